The van der Waals surface area contributed by atoms with Crippen molar-refractivity contribution in [2.24, 2.45) is 0 Å². The largest absolute Gasteiger partial charge is 0.353 e. The monoisotopic (exact) mass is 270 g/mol. The Balaban J connectivity index is 2.22. The van der Waals surface area contributed by atoms with Crippen molar-refractivity contribution in [3.63, 3.8) is 0 Å². The average molecular weight is 270 g/mol. The van der Waals surface area contributed by atoms with E-state index in [0.29, 0.717) is 6.04 Å². The molecule has 19 heavy (non-hydrogen) atoms. The predicted molar refractivity (Wildman–Crippen MR) is 79.3 cm³/mol. The fraction of sp³-hybridized carbons (Fsp3) is 0.929. The molecule has 0 radical (unpaired) electrons. The Bertz CT molecular complexity index is 266. The van der Waals surface area contributed by atoms with Crippen LogP contribution in [0.25, 0.3) is 0 Å². The van der Waals surface area contributed by atoms with Gasteiger partial charge in [0.1, 0.15) is 0 Å². The highest BCUT2D eigenvalue weighted by Gasteiger charge is 2.22. The lowest BCUT2D eigenvalue weighted by molar-refractivity contribution is -0.126. The van der Waals surface area contributed by atoms with Crippen molar-refractivity contribution in [3.8, 4) is 0 Å². The van der Waals surface area contributed by atoms with Crippen LogP contribution in [-0.4, -0.2) is 74.1 Å². The van der Waals surface area contributed by atoms with Crippen molar-refractivity contribution in [2.45, 2.75) is 39.3 Å². The molecule has 1 saturated heterocycles. The van der Waals surface area contributed by atoms with Crippen LogP contribution in [0.15, 0.2) is 0 Å². The summed E-state index contributed by atoms with van der Waals surface area (Å²) in [5, 5.41) is 6.35. The van der Waals surface area contributed by atoms with E-state index >= 15 is 0 Å². The van der Waals surface area contributed by atoms with Gasteiger partial charge in [-0.05, 0) is 27.3 Å². The second-order valence-corrected chi connectivity index (χ2v) is 5.49. The van der Waals surface area contributed by atoms with Crippen molar-refractivity contribution in [2.75, 3.05) is 46.3 Å². The second kappa shape index (κ2) is 8.51. The summed E-state index contributed by atoms with van der Waals surface area (Å²) in [6.07, 6.45) is 1.14. The number of likely N-dealkylation sites (N-methyl/N-ethyl adjacent to an activating group) is 1. The van der Waals surface area contributed by atoms with E-state index in [1.165, 1.54) is 0 Å². The van der Waals surface area contributed by atoms with E-state index in [2.05, 4.69) is 41.3 Å². The fourth-order valence-corrected chi connectivity index (χ4v) is 2.27. The van der Waals surface area contributed by atoms with Gasteiger partial charge >= 0.3 is 0 Å². The first-order valence-electron chi connectivity index (χ1n) is 7.49. The number of amides is 1. The van der Waals surface area contributed by atoms with Gasteiger partial charge in [0, 0.05) is 45.3 Å². The summed E-state index contributed by atoms with van der Waals surface area (Å²) in [7, 11) is 2.11. The minimum atomic E-state index is -0.0176. The molecule has 112 valence electrons. The number of hydrogen-bond acceptors (Lipinski definition) is 4. The summed E-state index contributed by atoms with van der Waals surface area (Å²) in [6.45, 7) is 11.9. The van der Waals surface area contributed by atoms with Gasteiger partial charge in [-0.15, -0.1) is 0 Å². The fourth-order valence-electron chi connectivity index (χ4n) is 2.27. The smallest absolute Gasteiger partial charge is 0.237 e. The molecule has 5 nitrogen and oxygen atoms in total. The third-order valence-electron chi connectivity index (χ3n) is 4.19. The van der Waals surface area contributed by atoms with Crippen LogP contribution in [0.5, 0.6) is 0 Å². The molecule has 5 heteroatoms. The molecule has 0 spiro atoms. The van der Waals surface area contributed by atoms with Crippen molar-refractivity contribution in [1.82, 2.24) is 20.4 Å². The maximum atomic E-state index is 12.1. The van der Waals surface area contributed by atoms with E-state index in [9.17, 15) is 4.79 Å². The van der Waals surface area contributed by atoms with E-state index in [0.717, 1.165) is 45.7 Å². The van der Waals surface area contributed by atoms with Crippen LogP contribution in [0, 0.1) is 0 Å². The molecular weight excluding hydrogens is 240 g/mol. The highest BCUT2D eigenvalue weighted by molar-refractivity contribution is 5.81. The molecule has 0 aromatic carbocycles. The van der Waals surface area contributed by atoms with Crippen LogP contribution >= 0.6 is 0 Å². The summed E-state index contributed by atoms with van der Waals surface area (Å²) in [4.78, 5) is 16.6. The predicted octanol–water partition coefficient (Wildman–Crippen LogP) is 0.127. The van der Waals surface area contributed by atoms with Crippen LogP contribution in [0.4, 0.5) is 0 Å². The van der Waals surface area contributed by atoms with Gasteiger partial charge in [0.25, 0.3) is 0 Å². The molecule has 1 heterocycles. The minimum absolute atomic E-state index is 0.0176. The summed E-state index contributed by atoms with van der Waals surface area (Å²) in [6, 6.07) is 0.554. The Morgan fingerprint density at radius 2 is 2.00 bits per heavy atom. The lowest BCUT2D eigenvalue weighted by Gasteiger charge is -2.32. The van der Waals surface area contributed by atoms with Gasteiger partial charge in [0.15, 0.2) is 0 Å². The summed E-state index contributed by atoms with van der Waals surface area (Å²) in [5.74, 6) is 0.152. The normalized spacial score (nSPS) is 20.3. The van der Waals surface area contributed by atoms with Gasteiger partial charge in [0.05, 0.1) is 6.04 Å². The Kier molecular flexibility index (Phi) is 7.34. The van der Waals surface area contributed by atoms with Crippen LogP contribution in [-0.2, 0) is 4.79 Å². The molecule has 0 bridgehead atoms. The van der Waals surface area contributed by atoms with Gasteiger partial charge in [-0.25, -0.2) is 0 Å². The van der Waals surface area contributed by atoms with Crippen LogP contribution in [0.3, 0.4) is 0 Å². The number of nitrogens with one attached hydrogen (secondary N) is 2. The first-order valence-corrected chi connectivity index (χ1v) is 7.49. The number of rotatable bonds is 7. The van der Waals surface area contributed by atoms with Crippen molar-refractivity contribution in [1.29, 1.82) is 0 Å². The van der Waals surface area contributed by atoms with Gasteiger partial charge in [-0.3, -0.25) is 9.69 Å². The molecule has 0 saturated carbocycles. The molecule has 1 aliphatic heterocycles. The van der Waals surface area contributed by atoms with Gasteiger partial charge in [-0.1, -0.05) is 6.92 Å². The van der Waals surface area contributed by atoms with Crippen LogP contribution in [0.1, 0.15) is 27.2 Å². The Labute approximate surface area is 117 Å². The number of nitrogens with zero attached hydrogens (tertiary/aromatic N) is 2. The summed E-state index contributed by atoms with van der Waals surface area (Å²) in [5.41, 5.74) is 0. The number of piperazine rings is 1. The van der Waals surface area contributed by atoms with E-state index in [1.807, 2.05) is 6.92 Å². The highest BCUT2D eigenvalue weighted by Crippen LogP contribution is 2.01. The zero-order valence-electron chi connectivity index (χ0n) is 12.9. The quantitative estimate of drug-likeness (QED) is 0.690. The second-order valence-electron chi connectivity index (χ2n) is 5.49. The molecule has 1 aliphatic rings. The number of carbonyl (C=O) groups excluding carboxylic acids is 1. The van der Waals surface area contributed by atoms with Crippen molar-refractivity contribution >= 4 is 5.91 Å². The van der Waals surface area contributed by atoms with E-state index in [4.69, 9.17) is 0 Å². The standard InChI is InChI=1S/C14H30N4O/c1-5-12(2)17(4)9-8-16-14(19)13(3)18-10-6-15-7-11-18/h12-13,15H,5-11H2,1-4H3,(H,16,19). The van der Waals surface area contributed by atoms with Crippen molar-refractivity contribution < 1.29 is 4.79 Å². The molecule has 2 atom stereocenters. The average Bonchev–Trinajstić information content (AvgIpc) is 2.46. The van der Waals surface area contributed by atoms with E-state index in [1.54, 1.807) is 0 Å². The number of hydrogen-bond donors (Lipinski definition) is 2. The first kappa shape index (κ1) is 16.4. The maximum absolute atomic E-state index is 12.1. The molecule has 0 aliphatic carbocycles. The lowest BCUT2D eigenvalue weighted by atomic mass is 10.2. The minimum Gasteiger partial charge on any atom is -0.353 e. The highest BCUT2D eigenvalue weighted by atomic mass is 16.2. The first-order chi connectivity index (χ1) is 9.06. The third-order valence-corrected chi connectivity index (χ3v) is 4.19. The Hall–Kier alpha value is -0.650. The molecule has 0 aromatic rings. The number of carbonyl (C=O) groups is 1. The van der Waals surface area contributed by atoms with Crippen LogP contribution < -0.4 is 10.6 Å². The molecule has 2 unspecified atom stereocenters. The zero-order valence-corrected chi connectivity index (χ0v) is 12.9. The Morgan fingerprint density at radius 3 is 2.58 bits per heavy atom. The lowest BCUT2D eigenvalue weighted by Crippen LogP contribution is -2.53. The molecule has 1 rings (SSSR count). The van der Waals surface area contributed by atoms with Crippen molar-refractivity contribution in [3.05, 3.63) is 0 Å². The molecular formula is C14H30N4O. The molecule has 1 amide bonds. The van der Waals surface area contributed by atoms with Gasteiger partial charge in [0.2, 0.25) is 5.91 Å². The van der Waals surface area contributed by atoms with E-state index < -0.39 is 0 Å². The van der Waals surface area contributed by atoms with Gasteiger partial charge < -0.3 is 15.5 Å². The molecule has 0 aromatic heterocycles. The van der Waals surface area contributed by atoms with Gasteiger partial charge in [-0.2, -0.15) is 0 Å². The molecule has 2 N–H and O–H groups in total. The maximum Gasteiger partial charge on any atom is 0.237 e. The molecule has 1 fully saturated rings. The summed E-state index contributed by atoms with van der Waals surface area (Å²) < 4.78 is 0. The van der Waals surface area contributed by atoms with Crippen LogP contribution in [0.2, 0.25) is 0 Å². The zero-order chi connectivity index (χ0) is 14.3. The van der Waals surface area contributed by atoms with E-state index in [-0.39, 0.29) is 11.9 Å². The Morgan fingerprint density at radius 1 is 1.37 bits per heavy atom. The SMILES string of the molecule is CCC(C)N(C)CCNC(=O)C(C)N1CCNCC1. The summed E-state index contributed by atoms with van der Waals surface area (Å²) >= 11 is 0. The third kappa shape index (κ3) is 5.47. The topological polar surface area (TPSA) is 47.6 Å².